The highest BCUT2D eigenvalue weighted by Crippen LogP contribution is 2.18. The lowest BCUT2D eigenvalue weighted by molar-refractivity contribution is -0.113. The van der Waals surface area contributed by atoms with E-state index in [1.54, 1.807) is 10.9 Å². The molecule has 0 aliphatic rings. The number of benzene rings is 2. The first-order valence-corrected chi connectivity index (χ1v) is 8.77. The zero-order valence-electron chi connectivity index (χ0n) is 12.1. The van der Waals surface area contributed by atoms with Crippen LogP contribution in [0.4, 0.5) is 5.69 Å². The van der Waals surface area contributed by atoms with Crippen molar-refractivity contribution in [2.24, 2.45) is 0 Å². The van der Waals surface area contributed by atoms with Gasteiger partial charge in [0.15, 0.2) is 0 Å². The Hall–Kier alpha value is -2.05. The molecule has 4 nitrogen and oxygen atoms in total. The third-order valence-corrected chi connectivity index (χ3v) is 4.50. The summed E-state index contributed by atoms with van der Waals surface area (Å²) in [5.74, 6) is 0.367. The molecule has 1 N–H and O–H groups in total. The Balaban J connectivity index is 1.56. The summed E-state index contributed by atoms with van der Waals surface area (Å²) >= 11 is 4.89. The highest BCUT2D eigenvalue weighted by Gasteiger charge is 2.04. The van der Waals surface area contributed by atoms with E-state index >= 15 is 0 Å². The van der Waals surface area contributed by atoms with Crippen LogP contribution in [0.25, 0.3) is 5.69 Å². The molecule has 23 heavy (non-hydrogen) atoms. The maximum absolute atomic E-state index is 12.0. The van der Waals surface area contributed by atoms with Crippen LogP contribution in [0.1, 0.15) is 0 Å². The first kappa shape index (κ1) is 15.8. The van der Waals surface area contributed by atoms with E-state index in [1.165, 1.54) is 11.8 Å². The van der Waals surface area contributed by atoms with Gasteiger partial charge in [-0.3, -0.25) is 4.79 Å². The topological polar surface area (TPSA) is 46.9 Å². The summed E-state index contributed by atoms with van der Waals surface area (Å²) in [6, 6.07) is 17.5. The van der Waals surface area contributed by atoms with Gasteiger partial charge in [0.1, 0.15) is 0 Å². The van der Waals surface area contributed by atoms with Gasteiger partial charge in [-0.2, -0.15) is 5.10 Å². The number of nitrogens with zero attached hydrogens (tertiary/aromatic N) is 2. The normalized spacial score (nSPS) is 10.5. The summed E-state index contributed by atoms with van der Waals surface area (Å²) in [5.41, 5.74) is 1.71. The molecule has 0 spiro atoms. The number of carbonyl (C=O) groups excluding carboxylic acids is 1. The second kappa shape index (κ2) is 7.48. The van der Waals surface area contributed by atoms with Crippen molar-refractivity contribution in [1.82, 2.24) is 9.78 Å². The van der Waals surface area contributed by atoms with Crippen LogP contribution in [0.2, 0.25) is 0 Å². The molecule has 1 amide bonds. The smallest absolute Gasteiger partial charge is 0.234 e. The number of hydrogen-bond donors (Lipinski definition) is 1. The van der Waals surface area contributed by atoms with Crippen molar-refractivity contribution in [3.63, 3.8) is 0 Å². The van der Waals surface area contributed by atoms with Gasteiger partial charge in [0, 0.05) is 16.8 Å². The molecular formula is C17H14BrN3OS. The van der Waals surface area contributed by atoms with Crippen LogP contribution >= 0.6 is 27.7 Å². The largest absolute Gasteiger partial charge is 0.325 e. The molecule has 2 aromatic carbocycles. The number of rotatable bonds is 5. The van der Waals surface area contributed by atoms with Crippen molar-refractivity contribution in [2.45, 2.75) is 4.90 Å². The van der Waals surface area contributed by atoms with Crippen LogP contribution in [0.3, 0.4) is 0 Å². The lowest BCUT2D eigenvalue weighted by atomic mass is 10.3. The third kappa shape index (κ3) is 4.46. The van der Waals surface area contributed by atoms with Gasteiger partial charge in [-0.05, 0) is 52.3 Å². The second-order valence-electron chi connectivity index (χ2n) is 4.80. The van der Waals surface area contributed by atoms with E-state index in [-0.39, 0.29) is 5.91 Å². The molecule has 1 heterocycles. The average molecular weight is 388 g/mol. The number of carbonyl (C=O) groups is 1. The fraction of sp³-hybridized carbons (Fsp3) is 0.0588. The monoisotopic (exact) mass is 387 g/mol. The van der Waals surface area contributed by atoms with Gasteiger partial charge in [-0.25, -0.2) is 4.68 Å². The molecule has 0 radical (unpaired) electrons. The standard InChI is InChI=1S/C17H14BrN3OS/c18-13-10-19-21(11-13)15-8-6-14(7-9-15)20-17(22)12-23-16-4-2-1-3-5-16/h1-11H,12H2,(H,20,22). The molecule has 0 fully saturated rings. The second-order valence-corrected chi connectivity index (χ2v) is 6.76. The molecule has 3 aromatic rings. The van der Waals surface area contributed by atoms with E-state index < -0.39 is 0 Å². The van der Waals surface area contributed by atoms with Crippen molar-refractivity contribution in [3.8, 4) is 5.69 Å². The van der Waals surface area contributed by atoms with Crippen LogP contribution in [0.5, 0.6) is 0 Å². The van der Waals surface area contributed by atoms with Crippen molar-refractivity contribution in [3.05, 3.63) is 71.5 Å². The Kier molecular flexibility index (Phi) is 5.15. The quantitative estimate of drug-likeness (QED) is 0.661. The minimum absolute atomic E-state index is 0.0200. The first-order valence-electron chi connectivity index (χ1n) is 6.99. The molecule has 0 saturated heterocycles. The summed E-state index contributed by atoms with van der Waals surface area (Å²) in [6.45, 7) is 0. The van der Waals surface area contributed by atoms with Crippen LogP contribution in [-0.4, -0.2) is 21.4 Å². The number of amides is 1. The van der Waals surface area contributed by atoms with Crippen LogP contribution in [0.15, 0.2) is 76.4 Å². The molecule has 0 saturated carbocycles. The predicted octanol–water partition coefficient (Wildman–Crippen LogP) is 4.37. The van der Waals surface area contributed by atoms with Gasteiger partial charge >= 0.3 is 0 Å². The van der Waals surface area contributed by atoms with E-state index in [0.717, 1.165) is 20.7 Å². The van der Waals surface area contributed by atoms with E-state index in [1.807, 2.05) is 60.8 Å². The van der Waals surface area contributed by atoms with Crippen molar-refractivity contribution in [1.29, 1.82) is 0 Å². The van der Waals surface area contributed by atoms with Crippen molar-refractivity contribution >= 4 is 39.3 Å². The van der Waals surface area contributed by atoms with E-state index in [9.17, 15) is 4.79 Å². The Labute approximate surface area is 147 Å². The average Bonchev–Trinajstić information content (AvgIpc) is 3.01. The molecule has 0 bridgehead atoms. The zero-order chi connectivity index (χ0) is 16.1. The van der Waals surface area contributed by atoms with Gasteiger partial charge in [0.2, 0.25) is 5.91 Å². The van der Waals surface area contributed by atoms with Gasteiger partial charge in [0.05, 0.1) is 22.1 Å². The lowest BCUT2D eigenvalue weighted by Gasteiger charge is -2.07. The summed E-state index contributed by atoms with van der Waals surface area (Å²) < 4.78 is 2.69. The fourth-order valence-corrected chi connectivity index (χ4v) is 3.01. The zero-order valence-corrected chi connectivity index (χ0v) is 14.5. The van der Waals surface area contributed by atoms with E-state index in [0.29, 0.717) is 5.75 Å². The first-order chi connectivity index (χ1) is 11.2. The van der Waals surface area contributed by atoms with E-state index in [4.69, 9.17) is 0 Å². The minimum Gasteiger partial charge on any atom is -0.325 e. The SMILES string of the molecule is O=C(CSc1ccccc1)Nc1ccc(-n2cc(Br)cn2)cc1. The third-order valence-electron chi connectivity index (χ3n) is 3.08. The minimum atomic E-state index is -0.0200. The Morgan fingerprint density at radius 3 is 2.52 bits per heavy atom. The number of aromatic nitrogens is 2. The number of nitrogens with one attached hydrogen (secondary N) is 1. The summed E-state index contributed by atoms with van der Waals surface area (Å²) in [4.78, 5) is 13.1. The van der Waals surface area contributed by atoms with Gasteiger partial charge in [-0.15, -0.1) is 11.8 Å². The fourth-order valence-electron chi connectivity index (χ4n) is 2.00. The Morgan fingerprint density at radius 1 is 1.13 bits per heavy atom. The van der Waals surface area contributed by atoms with Gasteiger partial charge < -0.3 is 5.32 Å². The maximum atomic E-state index is 12.0. The molecule has 0 aliphatic heterocycles. The Morgan fingerprint density at radius 2 is 1.87 bits per heavy atom. The number of thioether (sulfide) groups is 1. The lowest BCUT2D eigenvalue weighted by Crippen LogP contribution is -2.13. The number of hydrogen-bond acceptors (Lipinski definition) is 3. The summed E-state index contributed by atoms with van der Waals surface area (Å²) in [5, 5.41) is 7.12. The van der Waals surface area contributed by atoms with Crippen LogP contribution in [0, 0.1) is 0 Å². The van der Waals surface area contributed by atoms with Crippen molar-refractivity contribution in [2.75, 3.05) is 11.1 Å². The molecular weight excluding hydrogens is 374 g/mol. The van der Waals surface area contributed by atoms with E-state index in [2.05, 4.69) is 26.3 Å². The Bertz CT molecular complexity index is 787. The number of halogens is 1. The molecule has 0 unspecified atom stereocenters. The molecule has 6 heteroatoms. The van der Waals surface area contributed by atoms with Crippen LogP contribution in [-0.2, 0) is 4.79 Å². The van der Waals surface area contributed by atoms with Gasteiger partial charge in [0.25, 0.3) is 0 Å². The summed E-state index contributed by atoms with van der Waals surface area (Å²) in [7, 11) is 0. The van der Waals surface area contributed by atoms with Crippen LogP contribution < -0.4 is 5.32 Å². The van der Waals surface area contributed by atoms with Gasteiger partial charge in [-0.1, -0.05) is 18.2 Å². The molecule has 1 aromatic heterocycles. The molecule has 0 aliphatic carbocycles. The highest BCUT2D eigenvalue weighted by molar-refractivity contribution is 9.10. The number of anilines is 1. The predicted molar refractivity (Wildman–Crippen MR) is 97.1 cm³/mol. The van der Waals surface area contributed by atoms with Crippen molar-refractivity contribution < 1.29 is 4.79 Å². The highest BCUT2D eigenvalue weighted by atomic mass is 79.9. The molecule has 116 valence electrons. The maximum Gasteiger partial charge on any atom is 0.234 e. The summed E-state index contributed by atoms with van der Waals surface area (Å²) in [6.07, 6.45) is 3.61. The molecule has 0 atom stereocenters. The molecule has 3 rings (SSSR count).